The summed E-state index contributed by atoms with van der Waals surface area (Å²) in [5.74, 6) is -0.0859. The van der Waals surface area contributed by atoms with Crippen molar-refractivity contribution in [2.75, 3.05) is 21.3 Å². The molecule has 0 heterocycles. The lowest BCUT2D eigenvalue weighted by Gasteiger charge is -2.23. The Kier molecular flexibility index (Phi) is 5.08. The summed E-state index contributed by atoms with van der Waals surface area (Å²) < 4.78 is 15.3. The van der Waals surface area contributed by atoms with Crippen LogP contribution >= 0.6 is 0 Å². The minimum absolute atomic E-state index is 0.0859. The summed E-state index contributed by atoms with van der Waals surface area (Å²) in [7, 11) is 1.68. The standard InChI is InChI=1S/C8H16O4Si/c1-7(2)8(9)6-13(10-3,11-4)12-5/h1,6H2,2-5H3. The molecule has 0 aliphatic rings. The molecule has 0 saturated carbocycles. The molecule has 5 heteroatoms. The minimum atomic E-state index is -2.75. The highest BCUT2D eigenvalue weighted by atomic mass is 28.4. The van der Waals surface area contributed by atoms with E-state index >= 15 is 0 Å². The van der Waals surface area contributed by atoms with Crippen molar-refractivity contribution in [2.24, 2.45) is 0 Å². The molecule has 0 atom stereocenters. The van der Waals surface area contributed by atoms with Crippen LogP contribution in [-0.4, -0.2) is 35.9 Å². The third-order valence-electron chi connectivity index (χ3n) is 1.79. The topological polar surface area (TPSA) is 44.8 Å². The maximum absolute atomic E-state index is 11.3. The Morgan fingerprint density at radius 3 is 1.85 bits per heavy atom. The highest BCUT2D eigenvalue weighted by molar-refractivity contribution is 6.64. The molecule has 76 valence electrons. The second kappa shape index (κ2) is 5.28. The lowest BCUT2D eigenvalue weighted by atomic mass is 10.2. The lowest BCUT2D eigenvalue weighted by Crippen LogP contribution is -2.44. The normalized spacial score (nSPS) is 11.4. The van der Waals surface area contributed by atoms with Crippen LogP contribution in [0.25, 0.3) is 0 Å². The molecule has 0 rings (SSSR count). The molecule has 0 aromatic rings. The van der Waals surface area contributed by atoms with Gasteiger partial charge in [-0.1, -0.05) is 6.58 Å². The van der Waals surface area contributed by atoms with E-state index in [0.29, 0.717) is 5.57 Å². The highest BCUT2D eigenvalue weighted by Gasteiger charge is 2.40. The third kappa shape index (κ3) is 3.39. The number of hydrogen-bond acceptors (Lipinski definition) is 4. The van der Waals surface area contributed by atoms with Crippen molar-refractivity contribution >= 4 is 14.6 Å². The van der Waals surface area contributed by atoms with Crippen LogP contribution in [0.15, 0.2) is 12.2 Å². The van der Waals surface area contributed by atoms with Crippen molar-refractivity contribution in [3.8, 4) is 0 Å². The predicted molar refractivity (Wildman–Crippen MR) is 51.4 cm³/mol. The number of Topliss-reactive ketones (excluding diaryl/α,β-unsaturated/α-hetero) is 1. The maximum atomic E-state index is 11.3. The molecule has 4 nitrogen and oxygen atoms in total. The van der Waals surface area contributed by atoms with E-state index in [4.69, 9.17) is 13.3 Å². The van der Waals surface area contributed by atoms with E-state index in [9.17, 15) is 4.79 Å². The molecule has 0 aromatic heterocycles. The summed E-state index contributed by atoms with van der Waals surface area (Å²) >= 11 is 0. The van der Waals surface area contributed by atoms with E-state index in [1.165, 1.54) is 21.3 Å². The number of ketones is 1. The highest BCUT2D eigenvalue weighted by Crippen LogP contribution is 2.14. The number of carbonyl (C=O) groups excluding carboxylic acids is 1. The SMILES string of the molecule is C=C(C)C(=O)C[Si](OC)(OC)OC. The Morgan fingerprint density at radius 1 is 1.23 bits per heavy atom. The van der Waals surface area contributed by atoms with Crippen LogP contribution in [0.4, 0.5) is 0 Å². The van der Waals surface area contributed by atoms with Gasteiger partial charge in [0.15, 0.2) is 5.78 Å². The molecule has 0 unspecified atom stereocenters. The average molecular weight is 204 g/mol. The Bertz CT molecular complexity index is 190. The summed E-state index contributed by atoms with van der Waals surface area (Å²) in [6, 6.07) is 0.145. The third-order valence-corrected chi connectivity index (χ3v) is 4.41. The molecule has 0 saturated heterocycles. The van der Waals surface area contributed by atoms with Gasteiger partial charge in [0.1, 0.15) is 0 Å². The van der Waals surface area contributed by atoms with Gasteiger partial charge in [-0.15, -0.1) is 0 Å². The first kappa shape index (κ1) is 12.5. The molecular weight excluding hydrogens is 188 g/mol. The van der Waals surface area contributed by atoms with Gasteiger partial charge in [-0.2, -0.15) is 0 Å². The van der Waals surface area contributed by atoms with Gasteiger partial charge in [0.2, 0.25) is 0 Å². The molecule has 0 radical (unpaired) electrons. The number of hydrogen-bond donors (Lipinski definition) is 0. The second-order valence-corrected chi connectivity index (χ2v) is 5.62. The maximum Gasteiger partial charge on any atom is 0.508 e. The van der Waals surface area contributed by atoms with Crippen LogP contribution in [0.3, 0.4) is 0 Å². The van der Waals surface area contributed by atoms with Gasteiger partial charge in [0, 0.05) is 21.3 Å². The fraction of sp³-hybridized carbons (Fsp3) is 0.625. The second-order valence-electron chi connectivity index (χ2n) is 2.68. The Labute approximate surface area is 79.9 Å². The summed E-state index contributed by atoms with van der Waals surface area (Å²) in [6.07, 6.45) is 0. The first-order valence-electron chi connectivity index (χ1n) is 3.85. The van der Waals surface area contributed by atoms with Gasteiger partial charge >= 0.3 is 8.80 Å². The molecule has 0 aliphatic heterocycles. The van der Waals surface area contributed by atoms with E-state index < -0.39 is 8.80 Å². The summed E-state index contributed by atoms with van der Waals surface area (Å²) in [5, 5.41) is 0. The van der Waals surface area contributed by atoms with Gasteiger partial charge in [0.25, 0.3) is 0 Å². The monoisotopic (exact) mass is 204 g/mol. The molecule has 0 fully saturated rings. The summed E-state index contributed by atoms with van der Waals surface area (Å²) in [6.45, 7) is 5.20. The zero-order chi connectivity index (χ0) is 10.5. The quantitative estimate of drug-likeness (QED) is 0.478. The van der Waals surface area contributed by atoms with E-state index in [0.717, 1.165) is 0 Å². The zero-order valence-corrected chi connectivity index (χ0v) is 9.55. The molecule has 0 N–H and O–H groups in total. The zero-order valence-electron chi connectivity index (χ0n) is 8.55. The van der Waals surface area contributed by atoms with E-state index in [2.05, 4.69) is 6.58 Å². The fourth-order valence-corrected chi connectivity index (χ4v) is 2.44. The summed E-state index contributed by atoms with van der Waals surface area (Å²) in [5.41, 5.74) is 0.489. The molecule has 0 bridgehead atoms. The number of rotatable bonds is 6. The van der Waals surface area contributed by atoms with Gasteiger partial charge in [-0.3, -0.25) is 4.79 Å². The average Bonchev–Trinajstić information content (AvgIpc) is 2.14. The summed E-state index contributed by atoms with van der Waals surface area (Å²) in [4.78, 5) is 11.3. The van der Waals surface area contributed by atoms with Crippen LogP contribution < -0.4 is 0 Å². The molecule has 0 aliphatic carbocycles. The van der Waals surface area contributed by atoms with E-state index in [1.54, 1.807) is 6.92 Å². The molecule has 0 aromatic carbocycles. The van der Waals surface area contributed by atoms with Gasteiger partial charge < -0.3 is 13.3 Å². The van der Waals surface area contributed by atoms with Gasteiger partial charge in [-0.25, -0.2) is 0 Å². The van der Waals surface area contributed by atoms with Crippen molar-refractivity contribution in [3.05, 3.63) is 12.2 Å². The van der Waals surface area contributed by atoms with Crippen LogP contribution in [0.1, 0.15) is 6.92 Å². The predicted octanol–water partition coefficient (Wildman–Crippen LogP) is 1.01. The lowest BCUT2D eigenvalue weighted by molar-refractivity contribution is -0.114. The van der Waals surface area contributed by atoms with Gasteiger partial charge in [-0.05, 0) is 12.5 Å². The van der Waals surface area contributed by atoms with Crippen molar-refractivity contribution in [1.82, 2.24) is 0 Å². The molecular formula is C8H16O4Si. The Hall–Kier alpha value is -0.493. The smallest absolute Gasteiger partial charge is 0.377 e. The first-order valence-corrected chi connectivity index (χ1v) is 5.78. The number of allylic oxidation sites excluding steroid dienone is 1. The molecule has 0 spiro atoms. The van der Waals surface area contributed by atoms with Crippen molar-refractivity contribution in [3.63, 3.8) is 0 Å². The van der Waals surface area contributed by atoms with Crippen LogP contribution in [0.2, 0.25) is 6.04 Å². The minimum Gasteiger partial charge on any atom is -0.377 e. The first-order chi connectivity index (χ1) is 6.01. The number of carbonyl (C=O) groups is 1. The van der Waals surface area contributed by atoms with E-state index in [1.807, 2.05) is 0 Å². The van der Waals surface area contributed by atoms with Crippen molar-refractivity contribution in [2.45, 2.75) is 13.0 Å². The Balaban J connectivity index is 4.42. The van der Waals surface area contributed by atoms with Crippen molar-refractivity contribution in [1.29, 1.82) is 0 Å². The molecule has 13 heavy (non-hydrogen) atoms. The fourth-order valence-electron chi connectivity index (χ4n) is 0.814. The Morgan fingerprint density at radius 2 is 1.62 bits per heavy atom. The van der Waals surface area contributed by atoms with Crippen LogP contribution in [-0.2, 0) is 18.1 Å². The van der Waals surface area contributed by atoms with Crippen LogP contribution in [0.5, 0.6) is 0 Å². The van der Waals surface area contributed by atoms with E-state index in [-0.39, 0.29) is 11.8 Å². The largest absolute Gasteiger partial charge is 0.508 e. The molecule has 0 amide bonds. The van der Waals surface area contributed by atoms with Crippen LogP contribution in [0, 0.1) is 0 Å². The van der Waals surface area contributed by atoms with Gasteiger partial charge in [0.05, 0.1) is 6.04 Å². The van der Waals surface area contributed by atoms with Crippen molar-refractivity contribution < 1.29 is 18.1 Å².